The van der Waals surface area contributed by atoms with E-state index >= 15 is 0 Å². The molecule has 0 amide bonds. The van der Waals surface area contributed by atoms with Crippen LogP contribution in [0.2, 0.25) is 0 Å². The van der Waals surface area contributed by atoms with Gasteiger partial charge in [-0.3, -0.25) is 11.3 Å². The standard InChI is InChI=1S/C11H18N2O/c1-9(2)8-10(13-12)5-6-11-4-3-7-14-11/h3-4,7-8,10,13H,5-6,12H2,1-2H3. The van der Waals surface area contributed by atoms with Crippen LogP contribution in [0.25, 0.3) is 0 Å². The highest BCUT2D eigenvalue weighted by molar-refractivity contribution is 5.03. The van der Waals surface area contributed by atoms with Gasteiger partial charge in [0.05, 0.1) is 6.26 Å². The minimum Gasteiger partial charge on any atom is -0.469 e. The third-order valence-corrected chi connectivity index (χ3v) is 2.03. The molecule has 0 saturated heterocycles. The van der Waals surface area contributed by atoms with Crippen molar-refractivity contribution in [2.75, 3.05) is 0 Å². The molecule has 3 N–H and O–H groups in total. The maximum atomic E-state index is 5.44. The molecule has 1 unspecified atom stereocenters. The largest absolute Gasteiger partial charge is 0.469 e. The van der Waals surface area contributed by atoms with Gasteiger partial charge in [-0.1, -0.05) is 11.6 Å². The van der Waals surface area contributed by atoms with Crippen LogP contribution >= 0.6 is 0 Å². The molecule has 1 atom stereocenters. The maximum absolute atomic E-state index is 5.44. The number of hydrogen-bond donors (Lipinski definition) is 2. The van der Waals surface area contributed by atoms with E-state index in [0.29, 0.717) is 0 Å². The third kappa shape index (κ3) is 3.77. The van der Waals surface area contributed by atoms with Gasteiger partial charge < -0.3 is 4.42 Å². The summed E-state index contributed by atoms with van der Waals surface area (Å²) in [6.45, 7) is 4.13. The van der Waals surface area contributed by atoms with E-state index in [1.54, 1.807) is 6.26 Å². The number of allylic oxidation sites excluding steroid dienone is 1. The van der Waals surface area contributed by atoms with Crippen molar-refractivity contribution in [1.82, 2.24) is 5.43 Å². The van der Waals surface area contributed by atoms with E-state index in [1.807, 2.05) is 12.1 Å². The van der Waals surface area contributed by atoms with Gasteiger partial charge >= 0.3 is 0 Å². The predicted molar refractivity (Wildman–Crippen MR) is 57.6 cm³/mol. The minimum absolute atomic E-state index is 0.227. The summed E-state index contributed by atoms with van der Waals surface area (Å²) in [5.74, 6) is 6.44. The van der Waals surface area contributed by atoms with Gasteiger partial charge in [-0.05, 0) is 32.4 Å². The van der Waals surface area contributed by atoms with Gasteiger partial charge in [0, 0.05) is 12.5 Å². The monoisotopic (exact) mass is 194 g/mol. The Labute approximate surface area is 85.0 Å². The van der Waals surface area contributed by atoms with Crippen LogP contribution in [0.3, 0.4) is 0 Å². The molecular weight excluding hydrogens is 176 g/mol. The Kier molecular flexibility index (Phi) is 4.43. The molecule has 1 aromatic heterocycles. The molecule has 14 heavy (non-hydrogen) atoms. The van der Waals surface area contributed by atoms with Crippen LogP contribution in [0.15, 0.2) is 34.5 Å². The molecule has 0 spiro atoms. The first kappa shape index (κ1) is 11.0. The van der Waals surface area contributed by atoms with E-state index in [0.717, 1.165) is 18.6 Å². The molecule has 3 nitrogen and oxygen atoms in total. The van der Waals surface area contributed by atoms with Crippen molar-refractivity contribution in [3.63, 3.8) is 0 Å². The first-order valence-corrected chi connectivity index (χ1v) is 4.86. The first-order valence-electron chi connectivity index (χ1n) is 4.86. The van der Waals surface area contributed by atoms with Gasteiger partial charge in [-0.25, -0.2) is 0 Å². The van der Waals surface area contributed by atoms with Gasteiger partial charge in [-0.15, -0.1) is 0 Å². The van der Waals surface area contributed by atoms with Crippen molar-refractivity contribution < 1.29 is 4.42 Å². The van der Waals surface area contributed by atoms with Gasteiger partial charge in [0.1, 0.15) is 5.76 Å². The van der Waals surface area contributed by atoms with Crippen LogP contribution in [0.5, 0.6) is 0 Å². The van der Waals surface area contributed by atoms with Crippen molar-refractivity contribution in [3.8, 4) is 0 Å². The van der Waals surface area contributed by atoms with Crippen LogP contribution in [0, 0.1) is 0 Å². The van der Waals surface area contributed by atoms with Crippen LogP contribution in [-0.4, -0.2) is 6.04 Å². The second-order valence-corrected chi connectivity index (χ2v) is 3.64. The molecule has 1 aromatic rings. The van der Waals surface area contributed by atoms with Crippen LogP contribution in [0.1, 0.15) is 26.0 Å². The quantitative estimate of drug-likeness (QED) is 0.428. The summed E-state index contributed by atoms with van der Waals surface area (Å²) in [5.41, 5.74) is 4.05. The third-order valence-electron chi connectivity index (χ3n) is 2.03. The number of hydrazine groups is 1. The smallest absolute Gasteiger partial charge is 0.103 e. The highest BCUT2D eigenvalue weighted by atomic mass is 16.3. The van der Waals surface area contributed by atoms with Crippen molar-refractivity contribution in [3.05, 3.63) is 35.8 Å². The molecule has 0 fully saturated rings. The second kappa shape index (κ2) is 5.62. The maximum Gasteiger partial charge on any atom is 0.103 e. The van der Waals surface area contributed by atoms with Crippen molar-refractivity contribution in [2.24, 2.45) is 5.84 Å². The van der Waals surface area contributed by atoms with Crippen molar-refractivity contribution >= 4 is 0 Å². The predicted octanol–water partition coefficient (Wildman–Crippen LogP) is 2.01. The Bertz CT molecular complexity index is 273. The fourth-order valence-corrected chi connectivity index (χ4v) is 1.37. The van der Waals surface area contributed by atoms with Gasteiger partial charge in [0.15, 0.2) is 0 Å². The number of hydrogen-bond acceptors (Lipinski definition) is 3. The summed E-state index contributed by atoms with van der Waals surface area (Å²) >= 11 is 0. The zero-order valence-electron chi connectivity index (χ0n) is 8.79. The fraction of sp³-hybridized carbons (Fsp3) is 0.455. The van der Waals surface area contributed by atoms with Crippen molar-refractivity contribution in [1.29, 1.82) is 0 Å². The van der Waals surface area contributed by atoms with Crippen molar-refractivity contribution in [2.45, 2.75) is 32.7 Å². The number of furan rings is 1. The lowest BCUT2D eigenvalue weighted by Gasteiger charge is -2.10. The lowest BCUT2D eigenvalue weighted by Crippen LogP contribution is -2.34. The molecule has 0 saturated carbocycles. The summed E-state index contributed by atoms with van der Waals surface area (Å²) in [6.07, 6.45) is 5.69. The Morgan fingerprint density at radius 1 is 1.64 bits per heavy atom. The summed E-state index contributed by atoms with van der Waals surface area (Å²) in [5, 5.41) is 0. The number of nitrogens with one attached hydrogen (secondary N) is 1. The fourth-order valence-electron chi connectivity index (χ4n) is 1.37. The Balaban J connectivity index is 2.38. The van der Waals surface area contributed by atoms with E-state index in [1.165, 1.54) is 5.57 Å². The van der Waals surface area contributed by atoms with E-state index in [-0.39, 0.29) is 6.04 Å². The van der Waals surface area contributed by atoms with Crippen LogP contribution in [-0.2, 0) is 6.42 Å². The number of nitrogens with two attached hydrogens (primary N) is 1. The van der Waals surface area contributed by atoms with Gasteiger partial charge in [-0.2, -0.15) is 0 Å². The second-order valence-electron chi connectivity index (χ2n) is 3.64. The lowest BCUT2D eigenvalue weighted by atomic mass is 10.1. The van der Waals surface area contributed by atoms with E-state index in [4.69, 9.17) is 10.3 Å². The topological polar surface area (TPSA) is 51.2 Å². The zero-order valence-corrected chi connectivity index (χ0v) is 8.79. The molecule has 0 aliphatic heterocycles. The molecule has 1 heterocycles. The first-order chi connectivity index (χ1) is 6.72. The molecule has 0 aliphatic rings. The normalized spacial score (nSPS) is 12.5. The minimum atomic E-state index is 0.227. The van der Waals surface area contributed by atoms with Crippen LogP contribution < -0.4 is 11.3 Å². The highest BCUT2D eigenvalue weighted by Crippen LogP contribution is 2.07. The molecule has 3 heteroatoms. The molecule has 0 bridgehead atoms. The zero-order chi connectivity index (χ0) is 10.4. The highest BCUT2D eigenvalue weighted by Gasteiger charge is 2.04. The lowest BCUT2D eigenvalue weighted by molar-refractivity contribution is 0.479. The van der Waals surface area contributed by atoms with E-state index in [9.17, 15) is 0 Å². The average molecular weight is 194 g/mol. The Hall–Kier alpha value is -1.06. The van der Waals surface area contributed by atoms with Crippen LogP contribution in [0.4, 0.5) is 0 Å². The summed E-state index contributed by atoms with van der Waals surface area (Å²) in [7, 11) is 0. The number of rotatable bonds is 5. The molecule has 1 rings (SSSR count). The molecular formula is C11H18N2O. The average Bonchev–Trinajstić information content (AvgIpc) is 2.64. The number of aryl methyl sites for hydroxylation is 1. The summed E-state index contributed by atoms with van der Waals surface area (Å²) in [6, 6.07) is 4.11. The van der Waals surface area contributed by atoms with E-state index in [2.05, 4.69) is 25.3 Å². The SMILES string of the molecule is CC(C)=CC(CCc1ccco1)NN. The van der Waals surface area contributed by atoms with Gasteiger partial charge in [0.25, 0.3) is 0 Å². The summed E-state index contributed by atoms with van der Waals surface area (Å²) < 4.78 is 5.24. The molecule has 0 aromatic carbocycles. The molecule has 0 radical (unpaired) electrons. The van der Waals surface area contributed by atoms with Gasteiger partial charge in [0.2, 0.25) is 0 Å². The Morgan fingerprint density at radius 2 is 2.43 bits per heavy atom. The molecule has 0 aliphatic carbocycles. The van der Waals surface area contributed by atoms with E-state index < -0.39 is 0 Å². The molecule has 78 valence electrons. The summed E-state index contributed by atoms with van der Waals surface area (Å²) in [4.78, 5) is 0. The Morgan fingerprint density at radius 3 is 2.93 bits per heavy atom.